The molecule has 92 valence electrons. The minimum Gasteiger partial charge on any atom is -0.507 e. The van der Waals surface area contributed by atoms with E-state index in [1.807, 2.05) is 5.09 Å². The highest BCUT2D eigenvalue weighted by molar-refractivity contribution is 9.10. The van der Waals surface area contributed by atoms with Crippen LogP contribution in [0, 0.1) is 0 Å². The van der Waals surface area contributed by atoms with Crippen molar-refractivity contribution in [2.45, 2.75) is 12.5 Å². The summed E-state index contributed by atoms with van der Waals surface area (Å²) in [5, 5.41) is 20.0. The summed E-state index contributed by atoms with van der Waals surface area (Å²) in [6, 6.07) is 3.24. The first-order valence-corrected chi connectivity index (χ1v) is 6.48. The molecule has 1 aromatic rings. The summed E-state index contributed by atoms with van der Waals surface area (Å²) in [4.78, 5) is 10.8. The molecule has 0 bridgehead atoms. The van der Waals surface area contributed by atoms with E-state index in [1.165, 1.54) is 18.2 Å². The summed E-state index contributed by atoms with van der Waals surface area (Å²) < 4.78 is 21.3. The van der Waals surface area contributed by atoms with Gasteiger partial charge in [0.2, 0.25) is 0 Å². The van der Waals surface area contributed by atoms with Crippen LogP contribution in [0.5, 0.6) is 5.75 Å². The largest absolute Gasteiger partial charge is 0.507 e. The zero-order valence-corrected chi connectivity index (χ0v) is 10.9. The second kappa shape index (κ2) is 5.95. The fraction of sp³-hybridized carbons (Fsp3) is 0.222. The molecule has 0 amide bonds. The number of benzene rings is 1. The zero-order chi connectivity index (χ0) is 13.0. The van der Waals surface area contributed by atoms with Gasteiger partial charge in [-0.15, -0.1) is 0 Å². The quantitative estimate of drug-likeness (QED) is 0.715. The van der Waals surface area contributed by atoms with Gasteiger partial charge in [-0.1, -0.05) is 6.07 Å². The van der Waals surface area contributed by atoms with Crippen LogP contribution in [-0.2, 0) is 20.3 Å². The monoisotopic (exact) mass is 321 g/mol. The van der Waals surface area contributed by atoms with Crippen LogP contribution >= 0.6 is 23.8 Å². The summed E-state index contributed by atoms with van der Waals surface area (Å²) in [6.07, 6.45) is -0.00245. The van der Waals surface area contributed by atoms with Gasteiger partial charge < -0.3 is 10.2 Å². The number of phenolic OH excluding ortho intramolecular Hbond substituents is 1. The SMILES string of the molecule is O=C(O)C(Cc1ccc(O)c(Br)c1)NP(=O)=O. The molecule has 0 fully saturated rings. The Balaban J connectivity index is 2.85. The molecule has 8 heteroatoms. The Morgan fingerprint density at radius 2 is 2.12 bits per heavy atom. The number of rotatable bonds is 5. The summed E-state index contributed by atoms with van der Waals surface area (Å²) in [7, 11) is -2.97. The van der Waals surface area contributed by atoms with Crippen molar-refractivity contribution in [3.8, 4) is 5.75 Å². The van der Waals surface area contributed by atoms with Gasteiger partial charge in [-0.3, -0.25) is 4.79 Å². The van der Waals surface area contributed by atoms with Gasteiger partial charge in [-0.05, 0) is 40.0 Å². The summed E-state index contributed by atoms with van der Waals surface area (Å²) in [5.41, 5.74) is 0.589. The Kier molecular flexibility index (Phi) is 4.86. The van der Waals surface area contributed by atoms with Crippen molar-refractivity contribution >= 4 is 29.7 Å². The number of carboxylic acids is 1. The molecule has 1 aromatic carbocycles. The van der Waals surface area contributed by atoms with Gasteiger partial charge in [-0.25, -0.2) is 9.13 Å². The highest BCUT2D eigenvalue weighted by atomic mass is 79.9. The van der Waals surface area contributed by atoms with Crippen LogP contribution < -0.4 is 5.09 Å². The van der Waals surface area contributed by atoms with Crippen molar-refractivity contribution in [1.82, 2.24) is 5.09 Å². The maximum atomic E-state index is 10.8. The predicted octanol–water partition coefficient (Wildman–Crippen LogP) is 1.83. The lowest BCUT2D eigenvalue weighted by atomic mass is 10.1. The average molecular weight is 322 g/mol. The molecular weight excluding hydrogens is 313 g/mol. The van der Waals surface area contributed by atoms with Gasteiger partial charge in [0, 0.05) is 0 Å². The Morgan fingerprint density at radius 1 is 1.47 bits per heavy atom. The van der Waals surface area contributed by atoms with Gasteiger partial charge in [0.15, 0.2) is 0 Å². The predicted molar refractivity (Wildman–Crippen MR) is 62.4 cm³/mol. The molecule has 0 saturated heterocycles. The first-order chi connectivity index (χ1) is 7.90. The molecule has 3 N–H and O–H groups in total. The highest BCUT2D eigenvalue weighted by Crippen LogP contribution is 2.25. The van der Waals surface area contributed by atoms with Crippen molar-refractivity contribution in [3.05, 3.63) is 28.2 Å². The van der Waals surface area contributed by atoms with Crippen LogP contribution in [0.4, 0.5) is 0 Å². The second-order valence-corrected chi connectivity index (χ2v) is 4.89. The highest BCUT2D eigenvalue weighted by Gasteiger charge is 2.19. The second-order valence-electron chi connectivity index (χ2n) is 3.27. The van der Waals surface area contributed by atoms with Crippen LogP contribution in [0.15, 0.2) is 22.7 Å². The number of hydrogen-bond acceptors (Lipinski definition) is 4. The zero-order valence-electron chi connectivity index (χ0n) is 8.46. The lowest BCUT2D eigenvalue weighted by Gasteiger charge is -2.10. The van der Waals surface area contributed by atoms with Gasteiger partial charge in [0.25, 0.3) is 0 Å². The van der Waals surface area contributed by atoms with Gasteiger partial charge in [-0.2, -0.15) is 5.09 Å². The minimum atomic E-state index is -2.97. The van der Waals surface area contributed by atoms with Gasteiger partial charge in [0.1, 0.15) is 11.8 Å². The molecule has 0 aliphatic heterocycles. The van der Waals surface area contributed by atoms with Crippen LogP contribution in [0.3, 0.4) is 0 Å². The van der Waals surface area contributed by atoms with E-state index in [-0.39, 0.29) is 12.2 Å². The third-order valence-corrected chi connectivity index (χ3v) is 3.17. The van der Waals surface area contributed by atoms with E-state index >= 15 is 0 Å². The fourth-order valence-electron chi connectivity index (χ4n) is 1.23. The Bertz CT molecular complexity index is 494. The lowest BCUT2D eigenvalue weighted by Crippen LogP contribution is -2.33. The molecule has 1 atom stereocenters. The van der Waals surface area contributed by atoms with Gasteiger partial charge >= 0.3 is 13.8 Å². The van der Waals surface area contributed by atoms with E-state index in [4.69, 9.17) is 5.11 Å². The van der Waals surface area contributed by atoms with Crippen molar-refractivity contribution < 1.29 is 24.1 Å². The van der Waals surface area contributed by atoms with Crippen molar-refractivity contribution in [3.63, 3.8) is 0 Å². The van der Waals surface area contributed by atoms with Crippen molar-refractivity contribution in [1.29, 1.82) is 0 Å². The van der Waals surface area contributed by atoms with E-state index in [2.05, 4.69) is 15.9 Å². The third-order valence-electron chi connectivity index (χ3n) is 2.01. The van der Waals surface area contributed by atoms with E-state index < -0.39 is 19.8 Å². The van der Waals surface area contributed by atoms with Crippen LogP contribution in [0.2, 0.25) is 0 Å². The van der Waals surface area contributed by atoms with E-state index in [0.717, 1.165) is 0 Å². The van der Waals surface area contributed by atoms with Gasteiger partial charge in [0.05, 0.1) is 4.47 Å². The maximum absolute atomic E-state index is 10.8. The van der Waals surface area contributed by atoms with Crippen LogP contribution in [0.1, 0.15) is 5.56 Å². The summed E-state index contributed by atoms with van der Waals surface area (Å²) in [6.45, 7) is 0. The number of hydrogen-bond donors (Lipinski definition) is 3. The summed E-state index contributed by atoms with van der Waals surface area (Å²) >= 11 is 3.09. The summed E-state index contributed by atoms with van der Waals surface area (Å²) in [5.74, 6) is -1.23. The van der Waals surface area contributed by atoms with E-state index in [1.54, 1.807) is 0 Å². The average Bonchev–Trinajstić information content (AvgIpc) is 2.21. The van der Waals surface area contributed by atoms with Crippen LogP contribution in [-0.4, -0.2) is 22.2 Å². The first kappa shape index (κ1) is 13.9. The number of nitrogens with one attached hydrogen (secondary N) is 1. The maximum Gasteiger partial charge on any atom is 0.396 e. The van der Waals surface area contributed by atoms with E-state index in [9.17, 15) is 19.0 Å². The number of carboxylic acid groups (broad SMARTS) is 1. The van der Waals surface area contributed by atoms with Crippen LogP contribution in [0.25, 0.3) is 0 Å². The molecule has 0 aromatic heterocycles. The lowest BCUT2D eigenvalue weighted by molar-refractivity contribution is -0.138. The van der Waals surface area contributed by atoms with Crippen molar-refractivity contribution in [2.75, 3.05) is 0 Å². The normalized spacial score (nSPS) is 12.1. The first-order valence-electron chi connectivity index (χ1n) is 4.51. The Morgan fingerprint density at radius 3 is 2.59 bits per heavy atom. The molecule has 17 heavy (non-hydrogen) atoms. The standard InChI is InChI=1S/C9H9BrNO5P/c10-6-3-5(1-2-8(6)12)4-7(9(13)14)11-17(15)16/h1-3,7,12H,4H2,(H,13,14)(H,11,15,16). The molecule has 0 radical (unpaired) electrons. The molecular formula is C9H9BrNO5P. The molecule has 0 heterocycles. The fourth-order valence-corrected chi connectivity index (χ4v) is 2.11. The molecule has 1 unspecified atom stereocenters. The topological polar surface area (TPSA) is 104 Å². The molecule has 0 aliphatic rings. The Labute approximate surface area is 106 Å². The minimum absolute atomic E-state index is 0.00245. The number of aliphatic carboxylic acids is 1. The molecule has 6 nitrogen and oxygen atoms in total. The van der Waals surface area contributed by atoms with Crippen molar-refractivity contribution in [2.24, 2.45) is 0 Å². The molecule has 0 saturated carbocycles. The Hall–Kier alpha value is -1.17. The molecule has 0 aliphatic carbocycles. The number of phenols is 1. The molecule has 0 spiro atoms. The molecule has 1 rings (SSSR count). The number of halogens is 1. The number of aromatic hydroxyl groups is 1. The third kappa shape index (κ3) is 4.30. The smallest absolute Gasteiger partial charge is 0.396 e. The van der Waals surface area contributed by atoms with E-state index in [0.29, 0.717) is 10.0 Å². The number of carbonyl (C=O) groups is 1.